The Kier molecular flexibility index (Phi) is 3.49. The van der Waals surface area contributed by atoms with Crippen LogP contribution in [0.25, 0.3) is 0 Å². The molecule has 0 unspecified atom stereocenters. The van der Waals surface area contributed by atoms with Crippen LogP contribution < -0.4 is 10.2 Å². The summed E-state index contributed by atoms with van der Waals surface area (Å²) in [5, 5.41) is 4.20. The van der Waals surface area contributed by atoms with Gasteiger partial charge in [0.25, 0.3) is 0 Å². The van der Waals surface area contributed by atoms with E-state index in [4.69, 9.17) is 11.6 Å². The zero-order valence-electron chi connectivity index (χ0n) is 9.09. The van der Waals surface area contributed by atoms with Crippen LogP contribution in [0.2, 0.25) is 5.02 Å². The van der Waals surface area contributed by atoms with Crippen LogP contribution in [0.1, 0.15) is 12.5 Å². The lowest BCUT2D eigenvalue weighted by molar-refractivity contribution is 0.588. The number of aryl methyl sites for hydroxylation is 1. The van der Waals surface area contributed by atoms with Gasteiger partial charge in [-0.15, -0.1) is 0 Å². The number of hydrogen-bond donors (Lipinski definition) is 1. The Hall–Kier alpha value is -0.730. The van der Waals surface area contributed by atoms with E-state index in [-0.39, 0.29) is 0 Å². The van der Waals surface area contributed by atoms with E-state index in [1.165, 1.54) is 11.3 Å². The summed E-state index contributed by atoms with van der Waals surface area (Å²) in [4.78, 5) is 2.42. The van der Waals surface area contributed by atoms with Crippen molar-refractivity contribution >= 4 is 17.3 Å². The topological polar surface area (TPSA) is 15.3 Å². The summed E-state index contributed by atoms with van der Waals surface area (Å²) in [6.45, 7) is 6.47. The molecule has 0 amide bonds. The number of hydrogen-bond acceptors (Lipinski definition) is 2. The number of nitrogens with zero attached hydrogens (tertiary/aromatic N) is 1. The smallest absolute Gasteiger partial charge is 0.0426 e. The second-order valence-corrected chi connectivity index (χ2v) is 4.30. The molecule has 15 heavy (non-hydrogen) atoms. The molecule has 0 atom stereocenters. The highest BCUT2D eigenvalue weighted by Crippen LogP contribution is 2.25. The van der Waals surface area contributed by atoms with Crippen LogP contribution >= 0.6 is 11.6 Å². The predicted octanol–water partition coefficient (Wildman–Crippen LogP) is 2.31. The average molecular weight is 225 g/mol. The van der Waals surface area contributed by atoms with Gasteiger partial charge in [0.1, 0.15) is 0 Å². The summed E-state index contributed by atoms with van der Waals surface area (Å²) in [5.74, 6) is 0. The Morgan fingerprint density at radius 3 is 2.73 bits per heavy atom. The second kappa shape index (κ2) is 4.86. The molecule has 0 saturated carbocycles. The van der Waals surface area contributed by atoms with Crippen molar-refractivity contribution in [2.75, 3.05) is 31.1 Å². The average Bonchev–Trinajstić information content (AvgIpc) is 2.30. The summed E-state index contributed by atoms with van der Waals surface area (Å²) in [6.07, 6.45) is 1.07. The molecule has 0 bridgehead atoms. The molecule has 1 aliphatic rings. The van der Waals surface area contributed by atoms with Crippen LogP contribution in [0, 0.1) is 0 Å². The Morgan fingerprint density at radius 1 is 1.33 bits per heavy atom. The molecule has 0 aromatic heterocycles. The zero-order chi connectivity index (χ0) is 10.7. The molecule has 2 rings (SSSR count). The lowest BCUT2D eigenvalue weighted by Gasteiger charge is -2.31. The van der Waals surface area contributed by atoms with Crippen LogP contribution in [0.3, 0.4) is 0 Å². The van der Waals surface area contributed by atoms with Crippen LogP contribution in [0.5, 0.6) is 0 Å². The second-order valence-electron chi connectivity index (χ2n) is 3.86. The van der Waals surface area contributed by atoms with Gasteiger partial charge in [-0.1, -0.05) is 24.6 Å². The van der Waals surface area contributed by atoms with Gasteiger partial charge in [0.15, 0.2) is 0 Å². The molecule has 0 spiro atoms. The van der Waals surface area contributed by atoms with E-state index in [2.05, 4.69) is 29.3 Å². The Morgan fingerprint density at radius 2 is 2.07 bits per heavy atom. The van der Waals surface area contributed by atoms with E-state index in [9.17, 15) is 0 Å². The molecule has 1 fully saturated rings. The van der Waals surface area contributed by atoms with E-state index < -0.39 is 0 Å². The highest BCUT2D eigenvalue weighted by Gasteiger charge is 2.13. The van der Waals surface area contributed by atoms with E-state index in [0.717, 1.165) is 37.6 Å². The lowest BCUT2D eigenvalue weighted by atomic mass is 10.1. The Bertz CT molecular complexity index is 332. The third kappa shape index (κ3) is 2.44. The van der Waals surface area contributed by atoms with Crippen molar-refractivity contribution in [1.82, 2.24) is 5.32 Å². The van der Waals surface area contributed by atoms with E-state index in [1.807, 2.05) is 6.07 Å². The Labute approximate surface area is 96.2 Å². The molecular formula is C12H17ClN2. The predicted molar refractivity (Wildman–Crippen MR) is 65.9 cm³/mol. The van der Waals surface area contributed by atoms with Gasteiger partial charge in [0.2, 0.25) is 0 Å². The lowest BCUT2D eigenvalue weighted by Crippen LogP contribution is -2.43. The van der Waals surface area contributed by atoms with E-state index in [1.54, 1.807) is 0 Å². The number of nitrogens with one attached hydrogen (secondary N) is 1. The minimum absolute atomic E-state index is 0.834. The van der Waals surface area contributed by atoms with Crippen molar-refractivity contribution < 1.29 is 0 Å². The first-order valence-corrected chi connectivity index (χ1v) is 5.93. The number of halogens is 1. The summed E-state index contributed by atoms with van der Waals surface area (Å²) in [6, 6.07) is 6.21. The Balaban J connectivity index is 2.27. The van der Waals surface area contributed by atoms with Crippen molar-refractivity contribution in [2.24, 2.45) is 0 Å². The molecule has 3 heteroatoms. The molecule has 0 radical (unpaired) electrons. The fourth-order valence-electron chi connectivity index (χ4n) is 2.04. The van der Waals surface area contributed by atoms with Crippen LogP contribution in [0.4, 0.5) is 5.69 Å². The number of rotatable bonds is 2. The van der Waals surface area contributed by atoms with Crippen LogP contribution in [0.15, 0.2) is 18.2 Å². The van der Waals surface area contributed by atoms with Gasteiger partial charge in [-0.25, -0.2) is 0 Å². The fourth-order valence-corrected chi connectivity index (χ4v) is 2.20. The van der Waals surface area contributed by atoms with Gasteiger partial charge >= 0.3 is 0 Å². The third-order valence-corrected chi connectivity index (χ3v) is 3.12. The van der Waals surface area contributed by atoms with Gasteiger partial charge in [0.05, 0.1) is 0 Å². The third-order valence-electron chi connectivity index (χ3n) is 2.89. The normalized spacial score (nSPS) is 16.8. The van der Waals surface area contributed by atoms with Crippen molar-refractivity contribution in [3.8, 4) is 0 Å². The maximum Gasteiger partial charge on any atom is 0.0426 e. The molecule has 1 aromatic carbocycles. The van der Waals surface area contributed by atoms with Gasteiger partial charge in [-0.05, 0) is 24.1 Å². The first kappa shape index (κ1) is 10.8. The minimum atomic E-state index is 0.834. The molecule has 1 N–H and O–H groups in total. The molecule has 1 aromatic rings. The van der Waals surface area contributed by atoms with Gasteiger partial charge in [-0.2, -0.15) is 0 Å². The molecular weight excluding hydrogens is 208 g/mol. The molecule has 1 aliphatic heterocycles. The first-order valence-electron chi connectivity index (χ1n) is 5.55. The summed E-state index contributed by atoms with van der Waals surface area (Å²) in [5.41, 5.74) is 2.70. The van der Waals surface area contributed by atoms with Crippen LogP contribution in [-0.2, 0) is 6.42 Å². The monoisotopic (exact) mass is 224 g/mol. The molecule has 82 valence electrons. The summed E-state index contributed by atoms with van der Waals surface area (Å²) < 4.78 is 0. The van der Waals surface area contributed by atoms with Crippen molar-refractivity contribution in [1.29, 1.82) is 0 Å². The summed E-state index contributed by atoms with van der Waals surface area (Å²) >= 11 is 6.05. The largest absolute Gasteiger partial charge is 0.369 e. The first-order chi connectivity index (χ1) is 7.31. The van der Waals surface area contributed by atoms with Crippen molar-refractivity contribution in [2.45, 2.75) is 13.3 Å². The zero-order valence-corrected chi connectivity index (χ0v) is 9.85. The molecule has 1 heterocycles. The quantitative estimate of drug-likeness (QED) is 0.830. The maximum absolute atomic E-state index is 6.05. The van der Waals surface area contributed by atoms with E-state index in [0.29, 0.717) is 0 Å². The van der Waals surface area contributed by atoms with Crippen molar-refractivity contribution in [3.63, 3.8) is 0 Å². The molecule has 1 saturated heterocycles. The maximum atomic E-state index is 6.05. The SMILES string of the molecule is CCc1ccc(Cl)cc1N1CCNCC1. The fraction of sp³-hybridized carbons (Fsp3) is 0.500. The van der Waals surface area contributed by atoms with Gasteiger partial charge in [0, 0.05) is 36.9 Å². The van der Waals surface area contributed by atoms with Crippen molar-refractivity contribution in [3.05, 3.63) is 28.8 Å². The molecule has 2 nitrogen and oxygen atoms in total. The standard InChI is InChI=1S/C12H17ClN2/c1-2-10-3-4-11(13)9-12(10)15-7-5-14-6-8-15/h3-4,9,14H,2,5-8H2,1H3. The number of piperazine rings is 1. The van der Waals surface area contributed by atoms with Crippen LogP contribution in [-0.4, -0.2) is 26.2 Å². The highest BCUT2D eigenvalue weighted by molar-refractivity contribution is 6.30. The van der Waals surface area contributed by atoms with Gasteiger partial charge < -0.3 is 10.2 Å². The van der Waals surface area contributed by atoms with E-state index >= 15 is 0 Å². The number of benzene rings is 1. The summed E-state index contributed by atoms with van der Waals surface area (Å²) in [7, 11) is 0. The molecule has 0 aliphatic carbocycles. The minimum Gasteiger partial charge on any atom is -0.369 e. The van der Waals surface area contributed by atoms with Gasteiger partial charge in [-0.3, -0.25) is 0 Å². The number of anilines is 1. The highest BCUT2D eigenvalue weighted by atomic mass is 35.5.